The quantitative estimate of drug-likeness (QED) is 0.395. The molecule has 1 nitrogen and oxygen atoms in total. The Balaban J connectivity index is 1.85. The minimum Gasteiger partial charge on any atom is -0.393 e. The van der Waals surface area contributed by atoms with E-state index in [4.69, 9.17) is 0 Å². The first-order valence-electron chi connectivity index (χ1n) is 9.39. The summed E-state index contributed by atoms with van der Waals surface area (Å²) in [7, 11) is 0. The molecule has 1 aromatic carbocycles. The molecule has 2 atom stereocenters. The van der Waals surface area contributed by atoms with Crippen molar-refractivity contribution in [2.24, 2.45) is 5.41 Å². The van der Waals surface area contributed by atoms with Gasteiger partial charge in [-0.05, 0) is 49.2 Å². The van der Waals surface area contributed by atoms with Crippen molar-refractivity contribution in [3.05, 3.63) is 66.8 Å². The second-order valence-electron chi connectivity index (χ2n) is 7.22. The monoisotopic (exact) mass is 324 g/mol. The molecule has 0 spiro atoms. The summed E-state index contributed by atoms with van der Waals surface area (Å²) in [4.78, 5) is 0. The second-order valence-corrected chi connectivity index (χ2v) is 7.22. The van der Waals surface area contributed by atoms with E-state index in [0.717, 1.165) is 25.7 Å². The predicted molar refractivity (Wildman–Crippen MR) is 105 cm³/mol. The molecule has 2 rings (SSSR count). The predicted octanol–water partition coefficient (Wildman–Crippen LogP) is 6.31. The van der Waals surface area contributed by atoms with Gasteiger partial charge in [0, 0.05) is 0 Å². The molecule has 0 amide bonds. The molecule has 0 bridgehead atoms. The fourth-order valence-electron chi connectivity index (χ4n) is 3.56. The van der Waals surface area contributed by atoms with Crippen LogP contribution in [0, 0.1) is 5.41 Å². The Labute approximate surface area is 147 Å². The topological polar surface area (TPSA) is 20.2 Å². The molecule has 0 aliphatic heterocycles. The maximum atomic E-state index is 9.32. The van der Waals surface area contributed by atoms with Crippen molar-refractivity contribution in [3.63, 3.8) is 0 Å². The summed E-state index contributed by atoms with van der Waals surface area (Å²) >= 11 is 0. The van der Waals surface area contributed by atoms with Crippen molar-refractivity contribution >= 4 is 5.57 Å². The van der Waals surface area contributed by atoms with Crippen molar-refractivity contribution in [2.45, 2.75) is 64.4 Å². The van der Waals surface area contributed by atoms with Crippen LogP contribution < -0.4 is 0 Å². The highest BCUT2D eigenvalue weighted by atomic mass is 16.3. The lowest BCUT2D eigenvalue weighted by Crippen LogP contribution is -2.18. The van der Waals surface area contributed by atoms with Gasteiger partial charge in [0.1, 0.15) is 0 Å². The lowest BCUT2D eigenvalue weighted by Gasteiger charge is -2.32. The Bertz CT molecular complexity index is 553. The van der Waals surface area contributed by atoms with Crippen molar-refractivity contribution in [1.29, 1.82) is 0 Å². The largest absolute Gasteiger partial charge is 0.393 e. The van der Waals surface area contributed by atoms with E-state index in [1.807, 2.05) is 6.92 Å². The Kier molecular flexibility index (Phi) is 7.52. The number of aliphatic hydroxyl groups excluding tert-OH is 1. The van der Waals surface area contributed by atoms with Gasteiger partial charge in [-0.1, -0.05) is 80.3 Å². The zero-order valence-electron chi connectivity index (χ0n) is 15.1. The van der Waals surface area contributed by atoms with Crippen LogP contribution in [0.15, 0.2) is 61.2 Å². The summed E-state index contributed by atoms with van der Waals surface area (Å²) in [6.07, 6.45) is 18.2. The lowest BCUT2D eigenvalue weighted by molar-refractivity contribution is 0.180. The zero-order valence-corrected chi connectivity index (χ0v) is 15.1. The van der Waals surface area contributed by atoms with Gasteiger partial charge in [-0.2, -0.15) is 0 Å². The van der Waals surface area contributed by atoms with Gasteiger partial charge in [-0.25, -0.2) is 0 Å². The molecular weight excluding hydrogens is 292 g/mol. The average molecular weight is 325 g/mol. The fraction of sp³-hybridized carbons (Fsp3) is 0.478. The summed E-state index contributed by atoms with van der Waals surface area (Å²) < 4.78 is 0. The third-order valence-corrected chi connectivity index (χ3v) is 5.05. The van der Waals surface area contributed by atoms with Crippen molar-refractivity contribution in [1.82, 2.24) is 0 Å². The minimum atomic E-state index is -0.153. The van der Waals surface area contributed by atoms with E-state index < -0.39 is 0 Å². The van der Waals surface area contributed by atoms with E-state index >= 15 is 0 Å². The number of aliphatic hydroxyl groups is 1. The molecule has 0 radical (unpaired) electrons. The summed E-state index contributed by atoms with van der Waals surface area (Å²) in [5.74, 6) is 0. The van der Waals surface area contributed by atoms with Crippen molar-refractivity contribution in [2.75, 3.05) is 0 Å². The van der Waals surface area contributed by atoms with Gasteiger partial charge in [-0.15, -0.1) is 6.58 Å². The third kappa shape index (κ3) is 5.79. The first-order valence-corrected chi connectivity index (χ1v) is 9.39. The molecule has 0 heterocycles. The number of hydrogen-bond acceptors (Lipinski definition) is 1. The SMILES string of the molecule is C=CCC1(CCCCCCC(C)O)C=CC(c2ccccc2)=CC1. The van der Waals surface area contributed by atoms with E-state index in [9.17, 15) is 5.11 Å². The van der Waals surface area contributed by atoms with Gasteiger partial charge in [0.05, 0.1) is 6.10 Å². The van der Waals surface area contributed by atoms with Crippen LogP contribution in [0.3, 0.4) is 0 Å². The molecule has 0 fully saturated rings. The standard InChI is InChI=1S/C23H32O/c1-3-16-23(17-10-5-4-7-11-20(2)24)18-14-22(15-19-23)21-12-8-6-9-13-21/h3,6,8-9,12-15,18,20,24H,1,4-5,7,10-11,16-17,19H2,2H3. The van der Waals surface area contributed by atoms with Crippen LogP contribution in [0.2, 0.25) is 0 Å². The molecule has 0 aromatic heterocycles. The smallest absolute Gasteiger partial charge is 0.0512 e. The van der Waals surface area contributed by atoms with Crippen molar-refractivity contribution in [3.8, 4) is 0 Å². The lowest BCUT2D eigenvalue weighted by atomic mass is 9.73. The van der Waals surface area contributed by atoms with Gasteiger partial charge < -0.3 is 5.11 Å². The van der Waals surface area contributed by atoms with Crippen LogP contribution >= 0.6 is 0 Å². The first kappa shape index (κ1) is 18.7. The van der Waals surface area contributed by atoms with Gasteiger partial charge in [0.2, 0.25) is 0 Å². The Morgan fingerprint density at radius 1 is 1.17 bits per heavy atom. The van der Waals surface area contributed by atoms with E-state index in [-0.39, 0.29) is 11.5 Å². The number of benzene rings is 1. The number of allylic oxidation sites excluding steroid dienone is 5. The van der Waals surface area contributed by atoms with Crippen LogP contribution in [-0.4, -0.2) is 11.2 Å². The van der Waals surface area contributed by atoms with Crippen LogP contribution in [0.5, 0.6) is 0 Å². The van der Waals surface area contributed by atoms with Crippen LogP contribution in [0.4, 0.5) is 0 Å². The van der Waals surface area contributed by atoms with E-state index in [1.54, 1.807) is 0 Å². The second kappa shape index (κ2) is 9.64. The Morgan fingerprint density at radius 2 is 1.92 bits per heavy atom. The van der Waals surface area contributed by atoms with Crippen LogP contribution in [0.1, 0.15) is 63.9 Å². The number of unbranched alkanes of at least 4 members (excludes halogenated alkanes) is 3. The molecular formula is C23H32O. The van der Waals surface area contributed by atoms with Crippen LogP contribution in [-0.2, 0) is 0 Å². The normalized spacial score (nSPS) is 21.3. The summed E-state index contributed by atoms with van der Waals surface area (Å²) in [5.41, 5.74) is 2.90. The maximum Gasteiger partial charge on any atom is 0.0512 e. The number of rotatable bonds is 10. The molecule has 24 heavy (non-hydrogen) atoms. The summed E-state index contributed by atoms with van der Waals surface area (Å²) in [6, 6.07) is 10.6. The molecule has 1 aliphatic rings. The Morgan fingerprint density at radius 3 is 2.54 bits per heavy atom. The first-order chi connectivity index (χ1) is 11.7. The van der Waals surface area contributed by atoms with Crippen molar-refractivity contribution < 1.29 is 5.11 Å². The van der Waals surface area contributed by atoms with E-state index in [0.29, 0.717) is 0 Å². The van der Waals surface area contributed by atoms with Crippen LogP contribution in [0.25, 0.3) is 5.57 Å². The summed E-state index contributed by atoms with van der Waals surface area (Å²) in [6.45, 7) is 5.85. The molecule has 1 aliphatic carbocycles. The average Bonchev–Trinajstić information content (AvgIpc) is 2.59. The number of hydrogen-bond donors (Lipinski definition) is 1. The molecule has 1 N–H and O–H groups in total. The molecule has 1 heteroatoms. The third-order valence-electron chi connectivity index (χ3n) is 5.05. The molecule has 1 aromatic rings. The Hall–Kier alpha value is -1.60. The molecule has 2 unspecified atom stereocenters. The fourth-order valence-corrected chi connectivity index (χ4v) is 3.56. The molecule has 0 saturated carbocycles. The van der Waals surface area contributed by atoms with E-state index in [1.165, 1.54) is 36.8 Å². The highest BCUT2D eigenvalue weighted by molar-refractivity contribution is 5.75. The maximum absolute atomic E-state index is 9.32. The van der Waals surface area contributed by atoms with Gasteiger partial charge >= 0.3 is 0 Å². The van der Waals surface area contributed by atoms with Gasteiger partial charge in [0.25, 0.3) is 0 Å². The highest BCUT2D eigenvalue weighted by Crippen LogP contribution is 2.40. The molecule has 130 valence electrons. The van der Waals surface area contributed by atoms with Gasteiger partial charge in [0.15, 0.2) is 0 Å². The molecule has 0 saturated heterocycles. The summed E-state index contributed by atoms with van der Waals surface area (Å²) in [5, 5.41) is 9.32. The van der Waals surface area contributed by atoms with E-state index in [2.05, 4.69) is 61.2 Å². The highest BCUT2D eigenvalue weighted by Gasteiger charge is 2.26. The minimum absolute atomic E-state index is 0.153. The van der Waals surface area contributed by atoms with Gasteiger partial charge in [-0.3, -0.25) is 0 Å². The zero-order chi connectivity index (χ0) is 17.3.